The number of morpholine rings is 1. The molecule has 3 nitrogen and oxygen atoms in total. The highest BCUT2D eigenvalue weighted by Crippen LogP contribution is 2.30. The Kier molecular flexibility index (Phi) is 4.81. The van der Waals surface area contributed by atoms with Gasteiger partial charge in [0.15, 0.2) is 0 Å². The van der Waals surface area contributed by atoms with Crippen LogP contribution >= 0.6 is 0 Å². The Balaban J connectivity index is 1.57. The Morgan fingerprint density at radius 2 is 2.27 bits per heavy atom. The lowest BCUT2D eigenvalue weighted by Gasteiger charge is -2.42. The van der Waals surface area contributed by atoms with Crippen LogP contribution in [-0.4, -0.2) is 43.3 Å². The van der Waals surface area contributed by atoms with Gasteiger partial charge < -0.3 is 10.1 Å². The van der Waals surface area contributed by atoms with E-state index < -0.39 is 0 Å². The summed E-state index contributed by atoms with van der Waals surface area (Å²) in [4.78, 5) is 2.50. The number of halogens is 1. The summed E-state index contributed by atoms with van der Waals surface area (Å²) in [6.45, 7) is 9.11. The van der Waals surface area contributed by atoms with Crippen LogP contribution < -0.4 is 5.32 Å². The molecule has 1 N–H and O–H groups in total. The van der Waals surface area contributed by atoms with Gasteiger partial charge in [0.05, 0.1) is 13.2 Å². The van der Waals surface area contributed by atoms with Crippen molar-refractivity contribution in [3.63, 3.8) is 0 Å². The van der Waals surface area contributed by atoms with E-state index in [0.29, 0.717) is 6.04 Å². The summed E-state index contributed by atoms with van der Waals surface area (Å²) in [7, 11) is 0. The van der Waals surface area contributed by atoms with Crippen LogP contribution in [0.2, 0.25) is 0 Å². The SMILES string of the molecule is CC1(C)COCCN1CCNC1CCCc2cc(F)ccc21. The van der Waals surface area contributed by atoms with Crippen molar-refractivity contribution in [2.24, 2.45) is 0 Å². The largest absolute Gasteiger partial charge is 0.378 e. The van der Waals surface area contributed by atoms with E-state index in [1.807, 2.05) is 6.07 Å². The van der Waals surface area contributed by atoms with E-state index in [0.717, 1.165) is 52.1 Å². The minimum absolute atomic E-state index is 0.116. The molecule has 1 atom stereocenters. The number of hydrogen-bond donors (Lipinski definition) is 1. The summed E-state index contributed by atoms with van der Waals surface area (Å²) in [5.41, 5.74) is 2.58. The van der Waals surface area contributed by atoms with E-state index in [1.165, 1.54) is 11.1 Å². The Hall–Kier alpha value is -0.970. The molecule has 3 rings (SSSR count). The lowest BCUT2D eigenvalue weighted by Crippen LogP contribution is -2.54. The molecule has 1 aromatic carbocycles. The van der Waals surface area contributed by atoms with Gasteiger partial charge in [-0.2, -0.15) is 0 Å². The molecule has 0 spiro atoms. The Morgan fingerprint density at radius 3 is 3.09 bits per heavy atom. The zero-order valence-corrected chi connectivity index (χ0v) is 13.7. The highest BCUT2D eigenvalue weighted by molar-refractivity contribution is 5.32. The summed E-state index contributed by atoms with van der Waals surface area (Å²) < 4.78 is 18.9. The normalized spacial score (nSPS) is 25.0. The number of ether oxygens (including phenoxy) is 1. The highest BCUT2D eigenvalue weighted by Gasteiger charge is 2.30. The summed E-state index contributed by atoms with van der Waals surface area (Å²) in [5.74, 6) is -0.116. The molecule has 1 aliphatic heterocycles. The molecule has 0 radical (unpaired) electrons. The quantitative estimate of drug-likeness (QED) is 0.926. The molecular weight excluding hydrogens is 279 g/mol. The van der Waals surface area contributed by atoms with Crippen molar-refractivity contribution in [2.45, 2.75) is 44.7 Å². The topological polar surface area (TPSA) is 24.5 Å². The second-order valence-corrected chi connectivity index (χ2v) is 7.09. The number of nitrogens with zero attached hydrogens (tertiary/aromatic N) is 1. The molecule has 4 heteroatoms. The average Bonchev–Trinajstić information content (AvgIpc) is 2.48. The minimum atomic E-state index is -0.116. The van der Waals surface area contributed by atoms with Gasteiger partial charge in [-0.3, -0.25) is 4.90 Å². The first-order valence-electron chi connectivity index (χ1n) is 8.41. The molecule has 1 heterocycles. The second kappa shape index (κ2) is 6.65. The van der Waals surface area contributed by atoms with Crippen molar-refractivity contribution in [3.05, 3.63) is 35.1 Å². The van der Waals surface area contributed by atoms with Gasteiger partial charge in [0, 0.05) is 31.2 Å². The number of nitrogens with one attached hydrogen (secondary N) is 1. The first kappa shape index (κ1) is 15.9. The maximum atomic E-state index is 13.4. The molecular formula is C18H27FN2O. The molecule has 22 heavy (non-hydrogen) atoms. The highest BCUT2D eigenvalue weighted by atomic mass is 19.1. The number of fused-ring (bicyclic) bond motifs is 1. The van der Waals surface area contributed by atoms with Crippen LogP contribution in [0.1, 0.15) is 43.9 Å². The fraction of sp³-hybridized carbons (Fsp3) is 0.667. The zero-order chi connectivity index (χ0) is 15.6. The first-order chi connectivity index (χ1) is 10.6. The second-order valence-electron chi connectivity index (χ2n) is 7.09. The number of aryl methyl sites for hydroxylation is 1. The molecule has 1 saturated heterocycles. The number of benzene rings is 1. The summed E-state index contributed by atoms with van der Waals surface area (Å²) in [6.07, 6.45) is 3.28. The number of hydrogen-bond acceptors (Lipinski definition) is 3. The van der Waals surface area contributed by atoms with Crippen LogP contribution in [-0.2, 0) is 11.2 Å². The lowest BCUT2D eigenvalue weighted by atomic mass is 9.87. The molecule has 1 unspecified atom stereocenters. The van der Waals surface area contributed by atoms with Crippen molar-refractivity contribution in [1.82, 2.24) is 10.2 Å². The van der Waals surface area contributed by atoms with Crippen LogP contribution in [0.4, 0.5) is 4.39 Å². The van der Waals surface area contributed by atoms with E-state index in [4.69, 9.17) is 4.74 Å². The predicted octanol–water partition coefficient (Wildman–Crippen LogP) is 2.90. The van der Waals surface area contributed by atoms with E-state index >= 15 is 0 Å². The molecule has 1 fully saturated rings. The average molecular weight is 306 g/mol. The summed E-state index contributed by atoms with van der Waals surface area (Å²) in [5, 5.41) is 3.68. The molecule has 0 bridgehead atoms. The molecule has 1 aliphatic carbocycles. The smallest absolute Gasteiger partial charge is 0.123 e. The standard InChI is InChI=1S/C18H27FN2O/c1-18(2)13-22-11-10-21(18)9-8-20-17-5-3-4-14-12-15(19)6-7-16(14)17/h6-7,12,17,20H,3-5,8-11,13H2,1-2H3. The third kappa shape index (κ3) is 3.50. The minimum Gasteiger partial charge on any atom is -0.378 e. The maximum absolute atomic E-state index is 13.4. The fourth-order valence-corrected chi connectivity index (χ4v) is 3.67. The van der Waals surface area contributed by atoms with Gasteiger partial charge in [-0.05, 0) is 56.4 Å². The lowest BCUT2D eigenvalue weighted by molar-refractivity contribution is -0.0502. The molecule has 122 valence electrons. The zero-order valence-electron chi connectivity index (χ0n) is 13.7. The van der Waals surface area contributed by atoms with Crippen LogP contribution in [0.15, 0.2) is 18.2 Å². The van der Waals surface area contributed by atoms with Crippen LogP contribution in [0, 0.1) is 5.82 Å². The van der Waals surface area contributed by atoms with Crippen molar-refractivity contribution in [1.29, 1.82) is 0 Å². The Morgan fingerprint density at radius 1 is 1.41 bits per heavy atom. The van der Waals surface area contributed by atoms with Crippen LogP contribution in [0.5, 0.6) is 0 Å². The van der Waals surface area contributed by atoms with Gasteiger partial charge >= 0.3 is 0 Å². The number of rotatable bonds is 4. The van der Waals surface area contributed by atoms with E-state index in [9.17, 15) is 4.39 Å². The molecule has 0 saturated carbocycles. The van der Waals surface area contributed by atoms with Crippen molar-refractivity contribution in [3.8, 4) is 0 Å². The van der Waals surface area contributed by atoms with Gasteiger partial charge in [-0.1, -0.05) is 6.07 Å². The van der Waals surface area contributed by atoms with Crippen molar-refractivity contribution in [2.75, 3.05) is 32.8 Å². The Bertz CT molecular complexity index is 518. The van der Waals surface area contributed by atoms with Crippen molar-refractivity contribution < 1.29 is 9.13 Å². The van der Waals surface area contributed by atoms with Gasteiger partial charge in [-0.25, -0.2) is 4.39 Å². The van der Waals surface area contributed by atoms with Crippen molar-refractivity contribution >= 4 is 0 Å². The Labute approximate surface area is 132 Å². The fourth-order valence-electron chi connectivity index (χ4n) is 3.67. The summed E-state index contributed by atoms with van der Waals surface area (Å²) >= 11 is 0. The summed E-state index contributed by atoms with van der Waals surface area (Å²) in [6, 6.07) is 5.62. The molecule has 0 amide bonds. The molecule has 1 aromatic rings. The van der Waals surface area contributed by atoms with Crippen LogP contribution in [0.25, 0.3) is 0 Å². The molecule has 2 aliphatic rings. The van der Waals surface area contributed by atoms with Gasteiger partial charge in [0.25, 0.3) is 0 Å². The maximum Gasteiger partial charge on any atom is 0.123 e. The van der Waals surface area contributed by atoms with E-state index in [2.05, 4.69) is 24.1 Å². The first-order valence-corrected chi connectivity index (χ1v) is 8.41. The van der Waals surface area contributed by atoms with Crippen LogP contribution in [0.3, 0.4) is 0 Å². The molecule has 0 aromatic heterocycles. The third-order valence-electron chi connectivity index (χ3n) is 5.01. The predicted molar refractivity (Wildman–Crippen MR) is 86.6 cm³/mol. The van der Waals surface area contributed by atoms with Gasteiger partial charge in [0.2, 0.25) is 0 Å². The van der Waals surface area contributed by atoms with Gasteiger partial charge in [-0.15, -0.1) is 0 Å². The monoisotopic (exact) mass is 306 g/mol. The van der Waals surface area contributed by atoms with E-state index in [-0.39, 0.29) is 11.4 Å². The third-order valence-corrected chi connectivity index (χ3v) is 5.01. The van der Waals surface area contributed by atoms with E-state index in [1.54, 1.807) is 12.1 Å². The van der Waals surface area contributed by atoms with Gasteiger partial charge in [0.1, 0.15) is 5.82 Å².